The lowest BCUT2D eigenvalue weighted by Gasteiger charge is -2.27. The summed E-state index contributed by atoms with van der Waals surface area (Å²) in [6.45, 7) is 3.22. The van der Waals surface area contributed by atoms with Gasteiger partial charge in [-0.25, -0.2) is 4.39 Å². The zero-order chi connectivity index (χ0) is 22.0. The lowest BCUT2D eigenvalue weighted by molar-refractivity contribution is -0.149. The van der Waals surface area contributed by atoms with E-state index in [0.717, 1.165) is 5.56 Å². The molecule has 1 aromatic carbocycles. The number of primary amides is 1. The molecule has 0 aliphatic carbocycles. The fourth-order valence-electron chi connectivity index (χ4n) is 2.51. The van der Waals surface area contributed by atoms with E-state index in [1.807, 2.05) is 32.0 Å². The summed E-state index contributed by atoms with van der Waals surface area (Å²) < 4.78 is 13.3. The molecule has 9 heteroatoms. The molecule has 0 spiro atoms. The first-order chi connectivity index (χ1) is 13.6. The number of hydrogen-bond acceptors (Lipinski definition) is 4. The predicted molar refractivity (Wildman–Crippen MR) is 108 cm³/mol. The highest BCUT2D eigenvalue weighted by molar-refractivity contribution is 6.30. The molecular formula is C20H25ClFN3O4. The van der Waals surface area contributed by atoms with Crippen LogP contribution in [0.4, 0.5) is 4.39 Å². The molecule has 4 amide bonds. The molecule has 3 N–H and O–H groups in total. The summed E-state index contributed by atoms with van der Waals surface area (Å²) in [5.41, 5.74) is 3.38. The van der Waals surface area contributed by atoms with Gasteiger partial charge < -0.3 is 11.1 Å². The van der Waals surface area contributed by atoms with Gasteiger partial charge >= 0.3 is 0 Å². The lowest BCUT2D eigenvalue weighted by Crippen LogP contribution is -2.52. The van der Waals surface area contributed by atoms with E-state index in [1.165, 1.54) is 6.08 Å². The molecule has 7 nitrogen and oxygen atoms in total. The molecule has 0 unspecified atom stereocenters. The zero-order valence-electron chi connectivity index (χ0n) is 16.3. The normalized spacial score (nSPS) is 13.1. The van der Waals surface area contributed by atoms with Crippen LogP contribution in [0.1, 0.15) is 32.3 Å². The molecule has 0 aliphatic rings. The van der Waals surface area contributed by atoms with Gasteiger partial charge in [0.15, 0.2) is 0 Å². The van der Waals surface area contributed by atoms with Crippen molar-refractivity contribution in [2.45, 2.75) is 38.4 Å². The molecule has 0 saturated heterocycles. The standard InChI is InChI=1S/C20H25ClFN3O4/c1-13(2)12-15(24-17(27)9-8-14-6-4-3-5-7-14)19(28)25(11-10-16(23)26)20(29)18(21)22/h3-9,13,15,18H,10-12H2,1-2H3,(H2,23,26)(H,24,27)/b9-8+/t15-,18+/m0/s1. The minimum Gasteiger partial charge on any atom is -0.370 e. The average molecular weight is 426 g/mol. The maximum Gasteiger partial charge on any atom is 0.279 e. The highest BCUT2D eigenvalue weighted by Gasteiger charge is 2.33. The molecule has 0 saturated carbocycles. The van der Waals surface area contributed by atoms with Crippen LogP contribution in [0.15, 0.2) is 36.4 Å². The van der Waals surface area contributed by atoms with E-state index >= 15 is 0 Å². The molecule has 29 heavy (non-hydrogen) atoms. The number of imide groups is 1. The minimum absolute atomic E-state index is 0.0207. The highest BCUT2D eigenvalue weighted by atomic mass is 35.5. The summed E-state index contributed by atoms with van der Waals surface area (Å²) >= 11 is 5.19. The summed E-state index contributed by atoms with van der Waals surface area (Å²) in [4.78, 5) is 48.7. The van der Waals surface area contributed by atoms with E-state index < -0.39 is 41.8 Å². The van der Waals surface area contributed by atoms with Gasteiger partial charge in [-0.05, 0) is 24.0 Å². The number of alkyl halides is 2. The number of benzene rings is 1. The first-order valence-electron chi connectivity index (χ1n) is 9.07. The SMILES string of the molecule is CC(C)C[C@H](NC(=O)/C=C/c1ccccc1)C(=O)N(CCC(N)=O)C(=O)[C@@H](F)Cl. The molecule has 0 aliphatic heterocycles. The summed E-state index contributed by atoms with van der Waals surface area (Å²) in [6.07, 6.45) is 2.67. The Balaban J connectivity index is 2.98. The molecule has 0 fully saturated rings. The number of nitrogens with zero attached hydrogens (tertiary/aromatic N) is 1. The number of hydrogen-bond donors (Lipinski definition) is 2. The summed E-state index contributed by atoms with van der Waals surface area (Å²) in [6, 6.07) is 7.95. The van der Waals surface area contributed by atoms with Crippen LogP contribution in [0.2, 0.25) is 0 Å². The number of carbonyl (C=O) groups is 4. The number of carbonyl (C=O) groups excluding carboxylic acids is 4. The number of amides is 4. The second-order valence-electron chi connectivity index (χ2n) is 6.78. The summed E-state index contributed by atoms with van der Waals surface area (Å²) in [5, 5.41) is 2.53. The largest absolute Gasteiger partial charge is 0.370 e. The van der Waals surface area contributed by atoms with Gasteiger partial charge in [0.25, 0.3) is 17.4 Å². The van der Waals surface area contributed by atoms with Crippen molar-refractivity contribution in [3.63, 3.8) is 0 Å². The van der Waals surface area contributed by atoms with Gasteiger partial charge in [-0.2, -0.15) is 0 Å². The number of rotatable bonds is 10. The first kappa shape index (κ1) is 24.3. The predicted octanol–water partition coefficient (Wildman–Crippen LogP) is 2.00. The second-order valence-corrected chi connectivity index (χ2v) is 7.16. The Bertz CT molecular complexity index is 753. The smallest absolute Gasteiger partial charge is 0.279 e. The third-order valence-corrected chi connectivity index (χ3v) is 4.04. The molecule has 0 heterocycles. The molecule has 1 rings (SSSR count). The molecule has 0 aromatic heterocycles. The van der Waals surface area contributed by atoms with Crippen molar-refractivity contribution in [3.05, 3.63) is 42.0 Å². The monoisotopic (exact) mass is 425 g/mol. The molecule has 0 bridgehead atoms. The van der Waals surface area contributed by atoms with Crippen LogP contribution in [0, 0.1) is 5.92 Å². The van der Waals surface area contributed by atoms with E-state index in [-0.39, 0.29) is 18.8 Å². The van der Waals surface area contributed by atoms with Crippen LogP contribution in [-0.2, 0) is 19.2 Å². The third kappa shape index (κ3) is 8.87. The Morgan fingerprint density at radius 3 is 2.31 bits per heavy atom. The minimum atomic E-state index is -2.46. The van der Waals surface area contributed by atoms with Crippen LogP contribution >= 0.6 is 11.6 Å². The third-order valence-electron chi connectivity index (χ3n) is 3.85. The van der Waals surface area contributed by atoms with Crippen molar-refractivity contribution in [3.8, 4) is 0 Å². The lowest BCUT2D eigenvalue weighted by atomic mass is 10.0. The Kier molecular flexibility index (Phi) is 10.0. The number of halogens is 2. The number of nitrogens with two attached hydrogens (primary N) is 1. The van der Waals surface area contributed by atoms with Crippen LogP contribution in [0.3, 0.4) is 0 Å². The van der Waals surface area contributed by atoms with Crippen molar-refractivity contribution in [1.29, 1.82) is 0 Å². The maximum atomic E-state index is 13.3. The Morgan fingerprint density at radius 1 is 1.17 bits per heavy atom. The average Bonchev–Trinajstić information content (AvgIpc) is 2.65. The van der Waals surface area contributed by atoms with Gasteiger partial charge in [0.05, 0.1) is 0 Å². The van der Waals surface area contributed by atoms with E-state index in [4.69, 9.17) is 17.3 Å². The Hall–Kier alpha value is -2.74. The molecule has 1 aromatic rings. The maximum absolute atomic E-state index is 13.3. The highest BCUT2D eigenvalue weighted by Crippen LogP contribution is 2.12. The zero-order valence-corrected chi connectivity index (χ0v) is 17.1. The van der Waals surface area contributed by atoms with E-state index in [9.17, 15) is 23.6 Å². The van der Waals surface area contributed by atoms with Crippen molar-refractivity contribution < 1.29 is 23.6 Å². The van der Waals surface area contributed by atoms with E-state index in [0.29, 0.717) is 4.90 Å². The first-order valence-corrected chi connectivity index (χ1v) is 9.50. The van der Waals surface area contributed by atoms with Crippen molar-refractivity contribution in [1.82, 2.24) is 10.2 Å². The fraction of sp³-hybridized carbons (Fsp3) is 0.400. The molecule has 158 valence electrons. The quantitative estimate of drug-likeness (QED) is 0.441. The van der Waals surface area contributed by atoms with Crippen molar-refractivity contribution in [2.24, 2.45) is 11.7 Å². The van der Waals surface area contributed by atoms with Gasteiger partial charge in [0, 0.05) is 19.0 Å². The van der Waals surface area contributed by atoms with Gasteiger partial charge in [-0.15, -0.1) is 0 Å². The van der Waals surface area contributed by atoms with Gasteiger partial charge in [0.1, 0.15) is 6.04 Å². The Morgan fingerprint density at radius 2 is 1.79 bits per heavy atom. The molecular weight excluding hydrogens is 401 g/mol. The Labute approximate surface area is 174 Å². The number of nitrogens with one attached hydrogen (secondary N) is 1. The molecule has 2 atom stereocenters. The van der Waals surface area contributed by atoms with E-state index in [2.05, 4.69) is 5.32 Å². The molecule has 0 radical (unpaired) electrons. The van der Waals surface area contributed by atoms with E-state index in [1.54, 1.807) is 18.2 Å². The summed E-state index contributed by atoms with van der Waals surface area (Å²) in [5.74, 6) is -3.50. The topological polar surface area (TPSA) is 110 Å². The van der Waals surface area contributed by atoms with Crippen molar-refractivity contribution in [2.75, 3.05) is 6.54 Å². The van der Waals surface area contributed by atoms with Crippen molar-refractivity contribution >= 4 is 41.3 Å². The second kappa shape index (κ2) is 12.0. The van der Waals surface area contributed by atoms with Crippen LogP contribution in [0.5, 0.6) is 0 Å². The van der Waals surface area contributed by atoms with Crippen LogP contribution < -0.4 is 11.1 Å². The van der Waals surface area contributed by atoms with Gasteiger partial charge in [-0.1, -0.05) is 55.8 Å². The fourth-order valence-corrected chi connectivity index (χ4v) is 2.62. The van der Waals surface area contributed by atoms with Crippen LogP contribution in [0.25, 0.3) is 6.08 Å². The van der Waals surface area contributed by atoms with Crippen LogP contribution in [-0.4, -0.2) is 46.7 Å². The van der Waals surface area contributed by atoms with Gasteiger partial charge in [-0.3, -0.25) is 24.1 Å². The van der Waals surface area contributed by atoms with Gasteiger partial charge in [0.2, 0.25) is 11.8 Å². The summed E-state index contributed by atoms with van der Waals surface area (Å²) in [7, 11) is 0.